The van der Waals surface area contributed by atoms with E-state index in [2.05, 4.69) is 4.90 Å². The highest BCUT2D eigenvalue weighted by atomic mass is 19.3. The molecule has 2 atom stereocenters. The number of hydrogen-bond donors (Lipinski definition) is 1. The van der Waals surface area contributed by atoms with Crippen molar-refractivity contribution in [3.63, 3.8) is 0 Å². The van der Waals surface area contributed by atoms with E-state index >= 15 is 0 Å². The third kappa shape index (κ3) is 1.75. The molecule has 1 aliphatic carbocycles. The highest BCUT2D eigenvalue weighted by Gasteiger charge is 2.63. The van der Waals surface area contributed by atoms with E-state index in [1.807, 2.05) is 30.3 Å². The molecular formula is C14H18F2N2. The van der Waals surface area contributed by atoms with Gasteiger partial charge >= 0.3 is 0 Å². The van der Waals surface area contributed by atoms with Gasteiger partial charge in [-0.2, -0.15) is 0 Å². The van der Waals surface area contributed by atoms with E-state index in [4.69, 9.17) is 5.73 Å². The second kappa shape index (κ2) is 4.00. The number of fused-ring (bicyclic) bond motifs is 2. The fourth-order valence-electron chi connectivity index (χ4n) is 3.31. The Hall–Kier alpha value is -1.00. The number of hydrogen-bond acceptors (Lipinski definition) is 2. The standard InChI is InChI=1S/C14H18F2N2/c15-14(16)12-6-7-13(14,17)10-18(9-12)8-11-4-2-1-3-5-11/h1-5,12H,6-10,17H2. The van der Waals surface area contributed by atoms with Gasteiger partial charge in [0.15, 0.2) is 0 Å². The normalized spacial score (nSPS) is 34.7. The number of likely N-dealkylation sites (tertiary alicyclic amines) is 1. The average molecular weight is 252 g/mol. The molecule has 4 heteroatoms. The van der Waals surface area contributed by atoms with Gasteiger partial charge in [-0.1, -0.05) is 30.3 Å². The molecule has 1 aliphatic heterocycles. The summed E-state index contributed by atoms with van der Waals surface area (Å²) in [5.74, 6) is -3.26. The van der Waals surface area contributed by atoms with Crippen molar-refractivity contribution >= 4 is 0 Å². The molecule has 0 spiro atoms. The number of halogens is 2. The molecule has 18 heavy (non-hydrogen) atoms. The molecule has 98 valence electrons. The fraction of sp³-hybridized carbons (Fsp3) is 0.571. The van der Waals surface area contributed by atoms with Gasteiger partial charge in [0.05, 0.1) is 5.54 Å². The Kier molecular flexibility index (Phi) is 2.68. The van der Waals surface area contributed by atoms with E-state index in [-0.39, 0.29) is 0 Å². The maximum atomic E-state index is 14.0. The molecule has 2 fully saturated rings. The average Bonchev–Trinajstić information content (AvgIpc) is 2.50. The minimum atomic E-state index is -2.69. The van der Waals surface area contributed by atoms with Crippen molar-refractivity contribution in [2.45, 2.75) is 30.8 Å². The summed E-state index contributed by atoms with van der Waals surface area (Å²) in [5.41, 5.74) is 5.77. The zero-order valence-corrected chi connectivity index (χ0v) is 10.3. The summed E-state index contributed by atoms with van der Waals surface area (Å²) in [5, 5.41) is 0. The van der Waals surface area contributed by atoms with Crippen LogP contribution < -0.4 is 5.73 Å². The maximum Gasteiger partial charge on any atom is 0.270 e. The molecule has 0 amide bonds. The first-order valence-corrected chi connectivity index (χ1v) is 6.44. The van der Waals surface area contributed by atoms with Gasteiger partial charge in [-0.25, -0.2) is 8.78 Å². The van der Waals surface area contributed by atoms with E-state index in [1.165, 1.54) is 0 Å². The van der Waals surface area contributed by atoms with Crippen molar-refractivity contribution in [2.75, 3.05) is 13.1 Å². The minimum absolute atomic E-state index is 0.297. The molecule has 0 radical (unpaired) electrons. The van der Waals surface area contributed by atoms with Crippen LogP contribution >= 0.6 is 0 Å². The molecule has 1 saturated carbocycles. The van der Waals surface area contributed by atoms with Crippen molar-refractivity contribution in [3.05, 3.63) is 35.9 Å². The van der Waals surface area contributed by atoms with Crippen LogP contribution in [0.25, 0.3) is 0 Å². The Labute approximate surface area is 106 Å². The van der Waals surface area contributed by atoms with Crippen LogP contribution in [0, 0.1) is 5.92 Å². The maximum absolute atomic E-state index is 14.0. The lowest BCUT2D eigenvalue weighted by atomic mass is 9.87. The molecule has 2 nitrogen and oxygen atoms in total. The van der Waals surface area contributed by atoms with Gasteiger partial charge in [0.25, 0.3) is 5.92 Å². The Morgan fingerprint density at radius 3 is 2.67 bits per heavy atom. The highest BCUT2D eigenvalue weighted by molar-refractivity contribution is 5.17. The van der Waals surface area contributed by atoms with Crippen LogP contribution in [0.5, 0.6) is 0 Å². The van der Waals surface area contributed by atoms with Crippen molar-refractivity contribution in [1.82, 2.24) is 4.90 Å². The second-order valence-corrected chi connectivity index (χ2v) is 5.67. The molecule has 2 unspecified atom stereocenters. The van der Waals surface area contributed by atoms with Gasteiger partial charge in [-0.05, 0) is 18.4 Å². The van der Waals surface area contributed by atoms with E-state index in [0.29, 0.717) is 32.5 Å². The molecule has 1 saturated heterocycles. The molecule has 2 aliphatic rings. The number of piperidine rings is 1. The summed E-state index contributed by atoms with van der Waals surface area (Å²) in [7, 11) is 0. The third-order valence-corrected chi connectivity index (χ3v) is 4.35. The van der Waals surface area contributed by atoms with Gasteiger partial charge in [-0.3, -0.25) is 4.90 Å². The predicted molar refractivity (Wildman–Crippen MR) is 66.3 cm³/mol. The number of benzene rings is 1. The number of rotatable bonds is 2. The summed E-state index contributed by atoms with van der Waals surface area (Å²) in [6.07, 6.45) is 0.991. The van der Waals surface area contributed by atoms with Gasteiger partial charge in [0.1, 0.15) is 0 Å². The second-order valence-electron chi connectivity index (χ2n) is 5.67. The van der Waals surface area contributed by atoms with Crippen LogP contribution in [0.1, 0.15) is 18.4 Å². The Bertz CT molecular complexity index is 435. The lowest BCUT2D eigenvalue weighted by Crippen LogP contribution is -2.65. The smallest absolute Gasteiger partial charge is 0.270 e. The van der Waals surface area contributed by atoms with E-state index in [1.54, 1.807) is 0 Å². The minimum Gasteiger partial charge on any atom is -0.319 e. The lowest BCUT2D eigenvalue weighted by molar-refractivity contribution is -0.131. The van der Waals surface area contributed by atoms with Crippen LogP contribution in [0.3, 0.4) is 0 Å². The van der Waals surface area contributed by atoms with Crippen molar-refractivity contribution in [3.8, 4) is 0 Å². The van der Waals surface area contributed by atoms with Gasteiger partial charge in [0, 0.05) is 25.6 Å². The van der Waals surface area contributed by atoms with Crippen LogP contribution in [-0.2, 0) is 6.54 Å². The van der Waals surface area contributed by atoms with Gasteiger partial charge in [-0.15, -0.1) is 0 Å². The molecular weight excluding hydrogens is 234 g/mol. The number of alkyl halides is 2. The molecule has 0 aromatic heterocycles. The summed E-state index contributed by atoms with van der Waals surface area (Å²) >= 11 is 0. The van der Waals surface area contributed by atoms with Crippen LogP contribution in [-0.4, -0.2) is 29.5 Å². The molecule has 1 heterocycles. The number of nitrogens with two attached hydrogens (primary N) is 1. The first-order valence-electron chi connectivity index (χ1n) is 6.44. The lowest BCUT2D eigenvalue weighted by Gasteiger charge is -2.43. The Balaban J connectivity index is 1.75. The van der Waals surface area contributed by atoms with Crippen molar-refractivity contribution < 1.29 is 8.78 Å². The molecule has 1 aromatic rings. The summed E-state index contributed by atoms with van der Waals surface area (Å²) < 4.78 is 28.0. The van der Waals surface area contributed by atoms with Gasteiger partial charge in [0.2, 0.25) is 0 Å². The quantitative estimate of drug-likeness (QED) is 0.874. The zero-order chi connectivity index (χ0) is 12.8. The van der Waals surface area contributed by atoms with Crippen LogP contribution in [0.15, 0.2) is 30.3 Å². The van der Waals surface area contributed by atoms with E-state index in [0.717, 1.165) is 5.56 Å². The summed E-state index contributed by atoms with van der Waals surface area (Å²) in [4.78, 5) is 2.07. The molecule has 1 aromatic carbocycles. The van der Waals surface area contributed by atoms with Crippen LogP contribution in [0.2, 0.25) is 0 Å². The molecule has 2 bridgehead atoms. The van der Waals surface area contributed by atoms with E-state index in [9.17, 15) is 8.78 Å². The predicted octanol–water partition coefficient (Wildman–Crippen LogP) is 2.25. The summed E-state index contributed by atoms with van der Waals surface area (Å²) in [6, 6.07) is 9.96. The molecule has 2 N–H and O–H groups in total. The van der Waals surface area contributed by atoms with Crippen molar-refractivity contribution in [1.29, 1.82) is 0 Å². The van der Waals surface area contributed by atoms with Crippen molar-refractivity contribution in [2.24, 2.45) is 11.7 Å². The summed E-state index contributed by atoms with van der Waals surface area (Å²) in [6.45, 7) is 1.47. The fourth-order valence-corrected chi connectivity index (χ4v) is 3.31. The SMILES string of the molecule is NC12CCC(CN(Cc3ccccc3)C1)C2(F)F. The van der Waals surface area contributed by atoms with Crippen LogP contribution in [0.4, 0.5) is 8.78 Å². The third-order valence-electron chi connectivity index (χ3n) is 4.35. The Morgan fingerprint density at radius 1 is 1.28 bits per heavy atom. The Morgan fingerprint density at radius 2 is 2.00 bits per heavy atom. The molecule has 3 rings (SSSR count). The topological polar surface area (TPSA) is 29.3 Å². The number of nitrogens with zero attached hydrogens (tertiary/aromatic N) is 1. The monoisotopic (exact) mass is 252 g/mol. The van der Waals surface area contributed by atoms with E-state index < -0.39 is 17.4 Å². The van der Waals surface area contributed by atoms with Gasteiger partial charge < -0.3 is 5.73 Å². The highest BCUT2D eigenvalue weighted by Crippen LogP contribution is 2.50. The first kappa shape index (κ1) is 12.1. The largest absolute Gasteiger partial charge is 0.319 e. The first-order chi connectivity index (χ1) is 8.51. The zero-order valence-electron chi connectivity index (χ0n) is 10.3.